The summed E-state index contributed by atoms with van der Waals surface area (Å²) in [6.45, 7) is 19.4. The van der Waals surface area contributed by atoms with Gasteiger partial charge in [0.25, 0.3) is 0 Å². The fourth-order valence-electron chi connectivity index (χ4n) is 5.87. The predicted molar refractivity (Wildman–Crippen MR) is 158 cm³/mol. The normalized spacial score (nSPS) is 14.4. The van der Waals surface area contributed by atoms with E-state index in [1.54, 1.807) is 0 Å². The second kappa shape index (κ2) is 21.1. The highest BCUT2D eigenvalue weighted by Gasteiger charge is 2.46. The molecule has 35 heavy (non-hydrogen) atoms. The molecule has 0 heterocycles. The van der Waals surface area contributed by atoms with E-state index in [-0.39, 0.29) is 0 Å². The standard InChI is InChI=1S/C31H66O3Si/c1-9-10-11-12-13-14-15-16-17-18-19-20-21-22-23-24-25-33-26-31(8,32)27-34-35(28(2)3,29(4)5)30(6)7/h28-30,32H,9-27H2,1-8H3/t31-/m1/s1. The van der Waals surface area contributed by atoms with Crippen LogP contribution in [0.1, 0.15) is 158 Å². The first-order valence-electron chi connectivity index (χ1n) is 15.5. The van der Waals surface area contributed by atoms with Crippen molar-refractivity contribution in [2.45, 2.75) is 180 Å². The van der Waals surface area contributed by atoms with Gasteiger partial charge in [0.1, 0.15) is 5.60 Å². The number of rotatable bonds is 25. The molecule has 0 radical (unpaired) electrons. The van der Waals surface area contributed by atoms with E-state index in [0.717, 1.165) is 13.0 Å². The van der Waals surface area contributed by atoms with Crippen LogP contribution < -0.4 is 0 Å². The molecule has 0 saturated heterocycles. The Bertz CT molecular complexity index is 440. The topological polar surface area (TPSA) is 38.7 Å². The van der Waals surface area contributed by atoms with Crippen molar-refractivity contribution in [2.24, 2.45) is 0 Å². The third-order valence-corrected chi connectivity index (χ3v) is 14.0. The summed E-state index contributed by atoms with van der Waals surface area (Å²) in [5, 5.41) is 10.8. The first kappa shape index (κ1) is 35.1. The summed E-state index contributed by atoms with van der Waals surface area (Å²) in [5.41, 5.74) is 0.685. The first-order valence-corrected chi connectivity index (χ1v) is 17.7. The number of unbranched alkanes of at least 4 members (excludes halogenated alkanes) is 15. The molecule has 0 aromatic carbocycles. The molecule has 1 N–H and O–H groups in total. The van der Waals surface area contributed by atoms with Crippen molar-refractivity contribution in [3.63, 3.8) is 0 Å². The Morgan fingerprint density at radius 1 is 0.571 bits per heavy atom. The molecule has 0 aliphatic rings. The quantitative estimate of drug-likeness (QED) is 0.0972. The molecule has 0 fully saturated rings. The van der Waals surface area contributed by atoms with E-state index in [2.05, 4.69) is 48.5 Å². The Morgan fingerprint density at radius 2 is 0.914 bits per heavy atom. The molecule has 0 aromatic heterocycles. The van der Waals surface area contributed by atoms with Crippen molar-refractivity contribution in [3.05, 3.63) is 0 Å². The second-order valence-corrected chi connectivity index (χ2v) is 17.9. The van der Waals surface area contributed by atoms with Gasteiger partial charge in [0.15, 0.2) is 8.32 Å². The van der Waals surface area contributed by atoms with Crippen molar-refractivity contribution >= 4 is 8.32 Å². The van der Waals surface area contributed by atoms with Crippen LogP contribution >= 0.6 is 0 Å². The molecule has 0 spiro atoms. The molecule has 4 heteroatoms. The number of hydrogen-bond acceptors (Lipinski definition) is 3. The van der Waals surface area contributed by atoms with Crippen molar-refractivity contribution in [2.75, 3.05) is 19.8 Å². The molecule has 0 saturated carbocycles. The van der Waals surface area contributed by atoms with Crippen LogP contribution in [0, 0.1) is 0 Å². The predicted octanol–water partition coefficient (Wildman–Crippen LogP) is 10.2. The third-order valence-electron chi connectivity index (χ3n) is 7.90. The van der Waals surface area contributed by atoms with Gasteiger partial charge in [-0.3, -0.25) is 0 Å². The maximum Gasteiger partial charge on any atom is 0.200 e. The van der Waals surface area contributed by atoms with Gasteiger partial charge in [-0.05, 0) is 30.0 Å². The highest BCUT2D eigenvalue weighted by Crippen LogP contribution is 2.42. The van der Waals surface area contributed by atoms with Crippen molar-refractivity contribution in [1.82, 2.24) is 0 Å². The molecule has 0 aromatic rings. The summed E-state index contributed by atoms with van der Waals surface area (Å²) in [6.07, 6.45) is 22.1. The van der Waals surface area contributed by atoms with Gasteiger partial charge in [-0.2, -0.15) is 0 Å². The summed E-state index contributed by atoms with van der Waals surface area (Å²) in [7, 11) is -1.95. The smallest absolute Gasteiger partial charge is 0.200 e. The molecule has 3 nitrogen and oxygen atoms in total. The Hall–Kier alpha value is 0.0969. The summed E-state index contributed by atoms with van der Waals surface area (Å²) in [5.74, 6) is 0. The zero-order valence-corrected chi connectivity index (χ0v) is 26.4. The van der Waals surface area contributed by atoms with Gasteiger partial charge in [0.2, 0.25) is 0 Å². The van der Waals surface area contributed by atoms with E-state index in [0.29, 0.717) is 29.8 Å². The lowest BCUT2D eigenvalue weighted by Crippen LogP contribution is -2.51. The van der Waals surface area contributed by atoms with Gasteiger partial charge in [-0.15, -0.1) is 0 Å². The van der Waals surface area contributed by atoms with Crippen LogP contribution in [0.15, 0.2) is 0 Å². The molecule has 0 amide bonds. The largest absolute Gasteiger partial charge is 0.413 e. The summed E-state index contributed by atoms with van der Waals surface area (Å²) in [4.78, 5) is 0. The maximum atomic E-state index is 10.8. The summed E-state index contributed by atoms with van der Waals surface area (Å²) < 4.78 is 12.4. The molecule has 0 aliphatic heterocycles. The SMILES string of the molecule is CCCCCCCCCCCCCCCCCCOC[C@@](C)(O)CO[Si](C(C)C)(C(C)C)C(C)C. The van der Waals surface area contributed by atoms with Gasteiger partial charge in [0, 0.05) is 6.61 Å². The zero-order chi connectivity index (χ0) is 26.6. The van der Waals surface area contributed by atoms with E-state index in [1.165, 1.54) is 96.3 Å². The number of hydrogen-bond donors (Lipinski definition) is 1. The summed E-state index contributed by atoms with van der Waals surface area (Å²) >= 11 is 0. The van der Waals surface area contributed by atoms with E-state index in [9.17, 15) is 5.11 Å². The van der Waals surface area contributed by atoms with E-state index in [4.69, 9.17) is 9.16 Å². The lowest BCUT2D eigenvalue weighted by Gasteiger charge is -2.43. The molecule has 0 aliphatic carbocycles. The van der Waals surface area contributed by atoms with Gasteiger partial charge < -0.3 is 14.3 Å². The fourth-order valence-corrected chi connectivity index (χ4v) is 11.4. The van der Waals surface area contributed by atoms with Crippen molar-refractivity contribution in [1.29, 1.82) is 0 Å². The monoisotopic (exact) mass is 514 g/mol. The van der Waals surface area contributed by atoms with Crippen LogP contribution in [0.3, 0.4) is 0 Å². The third kappa shape index (κ3) is 16.5. The Kier molecular flexibility index (Phi) is 21.1. The molecule has 0 bridgehead atoms. The number of aliphatic hydroxyl groups is 1. The second-order valence-electron chi connectivity index (χ2n) is 12.5. The lowest BCUT2D eigenvalue weighted by atomic mass is 10.0. The minimum absolute atomic E-state index is 0.366. The minimum atomic E-state index is -1.95. The molecular weight excluding hydrogens is 448 g/mol. The number of ether oxygens (including phenoxy) is 1. The van der Waals surface area contributed by atoms with Crippen molar-refractivity contribution in [3.8, 4) is 0 Å². The average Bonchev–Trinajstić information content (AvgIpc) is 2.77. The fraction of sp³-hybridized carbons (Fsp3) is 1.00. The molecule has 1 atom stereocenters. The van der Waals surface area contributed by atoms with Crippen LogP contribution in [0.2, 0.25) is 16.6 Å². The zero-order valence-electron chi connectivity index (χ0n) is 25.4. The minimum Gasteiger partial charge on any atom is -0.413 e. The van der Waals surface area contributed by atoms with Crippen LogP contribution in [-0.4, -0.2) is 38.8 Å². The van der Waals surface area contributed by atoms with Gasteiger partial charge in [0.05, 0.1) is 13.2 Å². The van der Waals surface area contributed by atoms with E-state index < -0.39 is 13.9 Å². The molecule has 0 rings (SSSR count). The summed E-state index contributed by atoms with van der Waals surface area (Å²) in [6, 6.07) is 0. The van der Waals surface area contributed by atoms with Gasteiger partial charge in [-0.1, -0.05) is 145 Å². The molecule has 0 unspecified atom stereocenters. The van der Waals surface area contributed by atoms with Crippen LogP contribution in [0.4, 0.5) is 0 Å². The molecule has 212 valence electrons. The van der Waals surface area contributed by atoms with Gasteiger partial charge >= 0.3 is 0 Å². The average molecular weight is 515 g/mol. The maximum absolute atomic E-state index is 10.8. The Morgan fingerprint density at radius 3 is 1.26 bits per heavy atom. The highest BCUT2D eigenvalue weighted by atomic mass is 28.4. The van der Waals surface area contributed by atoms with E-state index >= 15 is 0 Å². The van der Waals surface area contributed by atoms with E-state index in [1.807, 2.05) is 6.92 Å². The van der Waals surface area contributed by atoms with Crippen LogP contribution in [0.25, 0.3) is 0 Å². The first-order chi connectivity index (χ1) is 16.6. The lowest BCUT2D eigenvalue weighted by molar-refractivity contribution is -0.0629. The molecular formula is C31H66O3Si. The highest BCUT2D eigenvalue weighted by molar-refractivity contribution is 6.77. The Labute approximate surface area is 222 Å². The van der Waals surface area contributed by atoms with Gasteiger partial charge in [-0.25, -0.2) is 0 Å². The Balaban J connectivity index is 3.69. The van der Waals surface area contributed by atoms with Crippen LogP contribution in [0.5, 0.6) is 0 Å². The van der Waals surface area contributed by atoms with Crippen molar-refractivity contribution < 1.29 is 14.3 Å². The van der Waals surface area contributed by atoms with Crippen LogP contribution in [-0.2, 0) is 9.16 Å².